The predicted molar refractivity (Wildman–Crippen MR) is 168 cm³/mol. The summed E-state index contributed by atoms with van der Waals surface area (Å²) in [5.41, 5.74) is 2.16. The molecule has 13 heteroatoms. The van der Waals surface area contributed by atoms with Gasteiger partial charge in [0.1, 0.15) is 34.7 Å². The lowest BCUT2D eigenvalue weighted by molar-refractivity contribution is -0.142. The first kappa shape index (κ1) is 37.3. The summed E-state index contributed by atoms with van der Waals surface area (Å²) in [4.78, 5) is 25.1. The lowest BCUT2D eigenvalue weighted by Gasteiger charge is -2.18. The van der Waals surface area contributed by atoms with Crippen molar-refractivity contribution in [3.05, 3.63) is 82.9 Å². The molecule has 3 rings (SSSR count). The van der Waals surface area contributed by atoms with Crippen molar-refractivity contribution >= 4 is 11.9 Å². The number of benzene rings is 3. The topological polar surface area (TPSA) is 131 Å². The normalized spacial score (nSPS) is 11.6. The van der Waals surface area contributed by atoms with E-state index < -0.39 is 35.1 Å². The average molecular weight is 662 g/mol. The van der Waals surface area contributed by atoms with Gasteiger partial charge in [0, 0.05) is 6.42 Å². The minimum absolute atomic E-state index is 0.0104. The van der Waals surface area contributed by atoms with Crippen LogP contribution >= 0.6 is 0 Å². The molecule has 0 unspecified atom stereocenters. The second-order valence-electron chi connectivity index (χ2n) is 10.0. The number of amides is 1. The Kier molecular flexibility index (Phi) is 16.0. The number of aliphatic hydroxyl groups excluding tert-OH is 1. The quantitative estimate of drug-likeness (QED) is 0.129. The van der Waals surface area contributed by atoms with E-state index in [0.717, 1.165) is 36.4 Å². The molecule has 0 aliphatic rings. The summed E-state index contributed by atoms with van der Waals surface area (Å²) in [6.07, 6.45) is 0.0104. The number of nitrogens with one attached hydrogen (secondary N) is 1. The van der Waals surface area contributed by atoms with Crippen LogP contribution in [0.15, 0.2) is 54.6 Å². The molecule has 0 aromatic heterocycles. The van der Waals surface area contributed by atoms with Gasteiger partial charge in [-0.1, -0.05) is 30.3 Å². The van der Waals surface area contributed by atoms with Crippen molar-refractivity contribution in [3.8, 4) is 22.6 Å². The van der Waals surface area contributed by atoms with Crippen LogP contribution in [-0.4, -0.2) is 97.2 Å². The third-order valence-corrected chi connectivity index (χ3v) is 6.85. The van der Waals surface area contributed by atoms with Gasteiger partial charge < -0.3 is 43.6 Å². The van der Waals surface area contributed by atoms with Gasteiger partial charge in [-0.05, 0) is 41.0 Å². The van der Waals surface area contributed by atoms with E-state index in [1.165, 1.54) is 0 Å². The smallest absolute Gasteiger partial charge is 0.328 e. The number of rotatable bonds is 21. The van der Waals surface area contributed by atoms with Gasteiger partial charge >= 0.3 is 5.97 Å². The van der Waals surface area contributed by atoms with Gasteiger partial charge in [-0.2, -0.15) is 0 Å². The largest absolute Gasteiger partial charge is 0.496 e. The summed E-state index contributed by atoms with van der Waals surface area (Å²) in [6.45, 7) is 3.04. The molecule has 0 saturated carbocycles. The number of methoxy groups -OCH3 is 3. The zero-order chi connectivity index (χ0) is 34.0. The van der Waals surface area contributed by atoms with Crippen LogP contribution in [0.2, 0.25) is 0 Å². The highest BCUT2D eigenvalue weighted by atomic mass is 19.1. The van der Waals surface area contributed by atoms with Crippen molar-refractivity contribution in [1.82, 2.24) is 5.32 Å². The molecule has 256 valence electrons. The molecule has 0 fully saturated rings. The molecule has 0 saturated heterocycles. The van der Waals surface area contributed by atoms with Crippen molar-refractivity contribution < 1.29 is 56.6 Å². The summed E-state index contributed by atoms with van der Waals surface area (Å²) in [6, 6.07) is 12.7. The summed E-state index contributed by atoms with van der Waals surface area (Å²) in [5.74, 6) is -2.81. The molecule has 3 aromatic rings. The minimum atomic E-state index is -1.19. The molecule has 11 nitrogen and oxygen atoms in total. The van der Waals surface area contributed by atoms with Gasteiger partial charge in [0.15, 0.2) is 0 Å². The Morgan fingerprint density at radius 1 is 0.745 bits per heavy atom. The molecule has 0 radical (unpaired) electrons. The Morgan fingerprint density at radius 2 is 1.28 bits per heavy atom. The van der Waals surface area contributed by atoms with E-state index in [-0.39, 0.29) is 13.0 Å². The minimum Gasteiger partial charge on any atom is -0.496 e. The van der Waals surface area contributed by atoms with Crippen LogP contribution < -0.4 is 14.8 Å². The molecule has 1 amide bonds. The van der Waals surface area contributed by atoms with Crippen molar-refractivity contribution in [2.24, 2.45) is 0 Å². The maximum Gasteiger partial charge on any atom is 0.328 e. The van der Waals surface area contributed by atoms with Gasteiger partial charge in [-0.3, -0.25) is 4.79 Å². The van der Waals surface area contributed by atoms with Crippen LogP contribution in [0.3, 0.4) is 0 Å². The SMILES string of the molecule is COC(=O)[C@H](Cc1ccc(-c2c(OC)cc(COCCOCCOCCOCCO)cc2OC)cc1)NC(=O)c1c(F)cccc1F. The van der Waals surface area contributed by atoms with E-state index in [1.807, 2.05) is 24.3 Å². The van der Waals surface area contributed by atoms with Crippen molar-refractivity contribution in [1.29, 1.82) is 0 Å². The number of aliphatic hydroxyl groups is 1. The lowest BCUT2D eigenvalue weighted by atomic mass is 9.98. The standard InChI is InChI=1S/C34H41F2NO10/c1-41-29-20-24(22-47-18-17-46-16-15-45-14-13-44-12-11-38)21-30(42-2)31(29)25-9-7-23(8-10-25)19-28(34(40)43-3)37-33(39)32-26(35)5-4-6-27(32)36/h4-10,20-21,28,38H,11-19,22H2,1-3H3,(H,37,39)/t28-/m0/s1. The molecular weight excluding hydrogens is 620 g/mol. The number of ether oxygens (including phenoxy) is 7. The molecular formula is C34H41F2NO10. The first-order valence-electron chi connectivity index (χ1n) is 14.9. The molecule has 0 spiro atoms. The number of hydrogen-bond acceptors (Lipinski definition) is 10. The van der Waals surface area contributed by atoms with E-state index in [2.05, 4.69) is 5.32 Å². The van der Waals surface area contributed by atoms with E-state index in [9.17, 15) is 18.4 Å². The molecule has 1 atom stereocenters. The third kappa shape index (κ3) is 11.6. The van der Waals surface area contributed by atoms with Crippen LogP contribution in [0.25, 0.3) is 11.1 Å². The number of hydrogen-bond donors (Lipinski definition) is 2. The van der Waals surface area contributed by atoms with Gasteiger partial charge in [0.05, 0.1) is 86.4 Å². The van der Waals surface area contributed by atoms with Gasteiger partial charge in [-0.15, -0.1) is 0 Å². The van der Waals surface area contributed by atoms with E-state index >= 15 is 0 Å². The summed E-state index contributed by atoms with van der Waals surface area (Å²) in [5, 5.41) is 11.0. The van der Waals surface area contributed by atoms with Crippen molar-refractivity contribution in [2.45, 2.75) is 19.1 Å². The highest BCUT2D eigenvalue weighted by Crippen LogP contribution is 2.40. The maximum atomic E-state index is 14.1. The molecule has 3 aromatic carbocycles. The molecule has 0 aliphatic heterocycles. The van der Waals surface area contributed by atoms with Crippen LogP contribution in [-0.2, 0) is 41.5 Å². The second kappa shape index (κ2) is 20.2. The van der Waals surface area contributed by atoms with Crippen LogP contribution in [0.5, 0.6) is 11.5 Å². The fourth-order valence-electron chi connectivity index (χ4n) is 4.57. The number of halogens is 2. The molecule has 0 aliphatic carbocycles. The fraction of sp³-hybridized carbons (Fsp3) is 0.412. The molecule has 0 heterocycles. The molecule has 0 bridgehead atoms. The number of carbonyl (C=O) groups excluding carboxylic acids is 2. The fourth-order valence-corrected chi connectivity index (χ4v) is 4.57. The predicted octanol–water partition coefficient (Wildman–Crippen LogP) is 3.72. The van der Waals surface area contributed by atoms with E-state index in [0.29, 0.717) is 75.5 Å². The Labute approximate surface area is 272 Å². The lowest BCUT2D eigenvalue weighted by Crippen LogP contribution is -2.43. The summed E-state index contributed by atoms with van der Waals surface area (Å²) >= 11 is 0. The Bertz CT molecular complexity index is 1380. The summed E-state index contributed by atoms with van der Waals surface area (Å²) in [7, 11) is 4.26. The van der Waals surface area contributed by atoms with Crippen molar-refractivity contribution in [2.75, 3.05) is 74.2 Å². The number of carbonyl (C=O) groups is 2. The highest BCUT2D eigenvalue weighted by molar-refractivity contribution is 5.97. The monoisotopic (exact) mass is 661 g/mol. The van der Waals surface area contributed by atoms with Gasteiger partial charge in [0.25, 0.3) is 5.91 Å². The highest BCUT2D eigenvalue weighted by Gasteiger charge is 2.26. The second-order valence-corrected chi connectivity index (χ2v) is 10.0. The first-order chi connectivity index (χ1) is 22.8. The molecule has 47 heavy (non-hydrogen) atoms. The Balaban J connectivity index is 1.59. The van der Waals surface area contributed by atoms with Crippen LogP contribution in [0.4, 0.5) is 8.78 Å². The maximum absolute atomic E-state index is 14.1. The van der Waals surface area contributed by atoms with Crippen molar-refractivity contribution in [3.63, 3.8) is 0 Å². The van der Waals surface area contributed by atoms with Gasteiger partial charge in [0.2, 0.25) is 0 Å². The summed E-state index contributed by atoms with van der Waals surface area (Å²) < 4.78 is 66.2. The van der Waals surface area contributed by atoms with E-state index in [1.54, 1.807) is 26.4 Å². The number of esters is 1. The average Bonchev–Trinajstić information content (AvgIpc) is 3.08. The zero-order valence-corrected chi connectivity index (χ0v) is 26.7. The molecule has 2 N–H and O–H groups in total. The zero-order valence-electron chi connectivity index (χ0n) is 26.7. The third-order valence-electron chi connectivity index (χ3n) is 6.85. The van der Waals surface area contributed by atoms with Gasteiger partial charge in [-0.25, -0.2) is 13.6 Å². The first-order valence-corrected chi connectivity index (χ1v) is 14.9. The Morgan fingerprint density at radius 3 is 1.79 bits per heavy atom. The van der Waals surface area contributed by atoms with Crippen LogP contribution in [0.1, 0.15) is 21.5 Å². The van der Waals surface area contributed by atoms with Crippen LogP contribution in [0, 0.1) is 11.6 Å². The Hall–Kier alpha value is -4.14. The van der Waals surface area contributed by atoms with E-state index in [4.69, 9.17) is 38.3 Å².